The molecule has 1 heterocycles. The van der Waals surface area contributed by atoms with E-state index in [2.05, 4.69) is 10.6 Å². The summed E-state index contributed by atoms with van der Waals surface area (Å²) in [5, 5.41) is 14.4. The molecule has 3 atom stereocenters. The number of hydrogen-bond donors (Lipinski definition) is 4. The lowest BCUT2D eigenvalue weighted by Gasteiger charge is -2.26. The summed E-state index contributed by atoms with van der Waals surface area (Å²) in [5.41, 5.74) is 6.17. The molecule has 0 unspecified atom stereocenters. The molecule has 2 rings (SSSR count). The van der Waals surface area contributed by atoms with Crippen molar-refractivity contribution in [2.45, 2.75) is 44.3 Å². The van der Waals surface area contributed by atoms with Crippen molar-refractivity contribution in [3.05, 3.63) is 35.9 Å². The zero-order chi connectivity index (χ0) is 20.7. The number of carboxylic acids is 1. The van der Waals surface area contributed by atoms with E-state index in [0.29, 0.717) is 19.4 Å². The Hall–Kier alpha value is -2.94. The van der Waals surface area contributed by atoms with Gasteiger partial charge in [0.05, 0.1) is 6.54 Å². The Labute approximate surface area is 163 Å². The van der Waals surface area contributed by atoms with E-state index in [4.69, 9.17) is 5.73 Å². The minimum Gasteiger partial charge on any atom is -0.480 e. The van der Waals surface area contributed by atoms with Crippen LogP contribution in [0.4, 0.5) is 0 Å². The maximum Gasteiger partial charge on any atom is 0.326 e. The number of carbonyl (C=O) groups is 4. The standard InChI is InChI=1S/C19H26N4O5/c1-12(18(26)23-9-5-8-15(23)19(27)28)21-17(25)14(22-16(24)11-20)10-13-6-3-2-4-7-13/h2-4,6-7,12,14-15H,5,8-11,20H2,1H3,(H,21,25)(H,22,24)(H,27,28)/t12-,14-,15-/m0/s1. The molecule has 1 saturated heterocycles. The lowest BCUT2D eigenvalue weighted by atomic mass is 10.0. The van der Waals surface area contributed by atoms with Crippen LogP contribution in [0.3, 0.4) is 0 Å². The summed E-state index contributed by atoms with van der Waals surface area (Å²) in [6.45, 7) is 1.58. The Morgan fingerprint density at radius 3 is 2.50 bits per heavy atom. The highest BCUT2D eigenvalue weighted by Crippen LogP contribution is 2.18. The molecule has 9 heteroatoms. The van der Waals surface area contributed by atoms with Crippen LogP contribution in [-0.4, -0.2) is 64.9 Å². The van der Waals surface area contributed by atoms with Crippen LogP contribution in [0.25, 0.3) is 0 Å². The molecule has 1 aliphatic rings. The summed E-state index contributed by atoms with van der Waals surface area (Å²) < 4.78 is 0. The van der Waals surface area contributed by atoms with E-state index in [1.165, 1.54) is 11.8 Å². The van der Waals surface area contributed by atoms with Gasteiger partial charge in [0.25, 0.3) is 0 Å². The largest absolute Gasteiger partial charge is 0.480 e. The van der Waals surface area contributed by atoms with Gasteiger partial charge in [0.15, 0.2) is 0 Å². The molecule has 0 saturated carbocycles. The van der Waals surface area contributed by atoms with Crippen molar-refractivity contribution in [3.63, 3.8) is 0 Å². The van der Waals surface area contributed by atoms with Crippen molar-refractivity contribution in [1.29, 1.82) is 0 Å². The van der Waals surface area contributed by atoms with Crippen LogP contribution in [0, 0.1) is 0 Å². The number of amides is 3. The van der Waals surface area contributed by atoms with Crippen LogP contribution >= 0.6 is 0 Å². The Morgan fingerprint density at radius 2 is 1.89 bits per heavy atom. The second-order valence-electron chi connectivity index (χ2n) is 6.77. The Bertz CT molecular complexity index is 724. The van der Waals surface area contributed by atoms with Crippen LogP contribution in [0.2, 0.25) is 0 Å². The molecule has 5 N–H and O–H groups in total. The predicted molar refractivity (Wildman–Crippen MR) is 101 cm³/mol. The third-order valence-electron chi connectivity index (χ3n) is 4.67. The van der Waals surface area contributed by atoms with Gasteiger partial charge in [-0.15, -0.1) is 0 Å². The minimum atomic E-state index is -1.05. The molecule has 0 bridgehead atoms. The summed E-state index contributed by atoms with van der Waals surface area (Å²) in [4.78, 5) is 49.6. The fourth-order valence-corrected chi connectivity index (χ4v) is 3.22. The normalized spacial score (nSPS) is 18.2. The molecule has 1 aliphatic heterocycles. The summed E-state index contributed by atoms with van der Waals surface area (Å²) in [6.07, 6.45) is 1.23. The van der Waals surface area contributed by atoms with Gasteiger partial charge in [0.1, 0.15) is 18.1 Å². The molecule has 1 fully saturated rings. The summed E-state index contributed by atoms with van der Waals surface area (Å²) in [5.74, 6) is -2.53. The molecule has 0 aliphatic carbocycles. The monoisotopic (exact) mass is 390 g/mol. The Morgan fingerprint density at radius 1 is 1.21 bits per heavy atom. The van der Waals surface area contributed by atoms with E-state index in [1.54, 1.807) is 0 Å². The van der Waals surface area contributed by atoms with Crippen LogP contribution in [-0.2, 0) is 25.6 Å². The number of likely N-dealkylation sites (tertiary alicyclic amines) is 1. The van der Waals surface area contributed by atoms with E-state index in [1.807, 2.05) is 30.3 Å². The molecule has 152 valence electrons. The van der Waals surface area contributed by atoms with Gasteiger partial charge < -0.3 is 26.4 Å². The van der Waals surface area contributed by atoms with Gasteiger partial charge in [-0.2, -0.15) is 0 Å². The van der Waals surface area contributed by atoms with Crippen molar-refractivity contribution >= 4 is 23.7 Å². The average molecular weight is 390 g/mol. The zero-order valence-electron chi connectivity index (χ0n) is 15.8. The fraction of sp³-hybridized carbons (Fsp3) is 0.474. The first-order valence-corrected chi connectivity index (χ1v) is 9.20. The fourth-order valence-electron chi connectivity index (χ4n) is 3.22. The smallest absolute Gasteiger partial charge is 0.326 e. The van der Waals surface area contributed by atoms with E-state index in [0.717, 1.165) is 5.56 Å². The first-order chi connectivity index (χ1) is 13.3. The molecule has 1 aromatic rings. The summed E-state index contributed by atoms with van der Waals surface area (Å²) in [6, 6.07) is 6.44. The number of nitrogens with zero attached hydrogens (tertiary/aromatic N) is 1. The van der Waals surface area contributed by atoms with Gasteiger partial charge in [-0.25, -0.2) is 4.79 Å². The maximum atomic E-state index is 12.7. The molecule has 0 spiro atoms. The SMILES string of the molecule is C[C@H](NC(=O)[C@H](Cc1ccccc1)NC(=O)CN)C(=O)N1CCC[C@H]1C(=O)O. The molecule has 9 nitrogen and oxygen atoms in total. The van der Waals surface area contributed by atoms with Crippen molar-refractivity contribution < 1.29 is 24.3 Å². The van der Waals surface area contributed by atoms with Gasteiger partial charge in [-0.05, 0) is 25.3 Å². The van der Waals surface area contributed by atoms with Crippen LogP contribution in [0.1, 0.15) is 25.3 Å². The quantitative estimate of drug-likeness (QED) is 0.460. The molecule has 0 radical (unpaired) electrons. The number of nitrogens with one attached hydrogen (secondary N) is 2. The second-order valence-corrected chi connectivity index (χ2v) is 6.77. The number of aliphatic carboxylic acids is 1. The number of rotatable bonds is 8. The predicted octanol–water partition coefficient (Wildman–Crippen LogP) is -0.747. The number of nitrogens with two attached hydrogens (primary N) is 1. The van der Waals surface area contributed by atoms with E-state index in [9.17, 15) is 24.3 Å². The lowest BCUT2D eigenvalue weighted by molar-refractivity contribution is -0.149. The van der Waals surface area contributed by atoms with Gasteiger partial charge in [0, 0.05) is 13.0 Å². The average Bonchev–Trinajstić information content (AvgIpc) is 3.17. The van der Waals surface area contributed by atoms with Gasteiger partial charge in [-0.1, -0.05) is 30.3 Å². The Balaban J connectivity index is 2.05. The topological polar surface area (TPSA) is 142 Å². The first kappa shape index (κ1) is 21.4. The Kier molecular flexibility index (Phi) is 7.51. The lowest BCUT2D eigenvalue weighted by Crippen LogP contribution is -2.55. The van der Waals surface area contributed by atoms with Crippen molar-refractivity contribution in [1.82, 2.24) is 15.5 Å². The third kappa shape index (κ3) is 5.53. The van der Waals surface area contributed by atoms with Crippen molar-refractivity contribution in [3.8, 4) is 0 Å². The first-order valence-electron chi connectivity index (χ1n) is 9.20. The second kappa shape index (κ2) is 9.84. The highest BCUT2D eigenvalue weighted by molar-refractivity contribution is 5.93. The van der Waals surface area contributed by atoms with Crippen LogP contribution < -0.4 is 16.4 Å². The van der Waals surface area contributed by atoms with Crippen LogP contribution in [0.5, 0.6) is 0 Å². The van der Waals surface area contributed by atoms with Gasteiger partial charge in [0.2, 0.25) is 17.7 Å². The third-order valence-corrected chi connectivity index (χ3v) is 4.67. The highest BCUT2D eigenvalue weighted by Gasteiger charge is 2.36. The number of carbonyl (C=O) groups excluding carboxylic acids is 3. The van der Waals surface area contributed by atoms with E-state index >= 15 is 0 Å². The van der Waals surface area contributed by atoms with Crippen molar-refractivity contribution in [2.75, 3.05) is 13.1 Å². The van der Waals surface area contributed by atoms with Gasteiger partial charge >= 0.3 is 5.97 Å². The molecular weight excluding hydrogens is 364 g/mol. The zero-order valence-corrected chi connectivity index (χ0v) is 15.8. The van der Waals surface area contributed by atoms with Crippen LogP contribution in [0.15, 0.2) is 30.3 Å². The number of hydrogen-bond acceptors (Lipinski definition) is 5. The molecule has 1 aromatic carbocycles. The van der Waals surface area contributed by atoms with Crippen molar-refractivity contribution in [2.24, 2.45) is 5.73 Å². The van der Waals surface area contributed by atoms with E-state index in [-0.39, 0.29) is 13.0 Å². The number of benzene rings is 1. The summed E-state index contributed by atoms with van der Waals surface area (Å²) in [7, 11) is 0. The number of carboxylic acid groups (broad SMARTS) is 1. The molecule has 28 heavy (non-hydrogen) atoms. The minimum absolute atomic E-state index is 0.237. The van der Waals surface area contributed by atoms with E-state index < -0.39 is 41.8 Å². The summed E-state index contributed by atoms with van der Waals surface area (Å²) >= 11 is 0. The molecular formula is C19H26N4O5. The maximum absolute atomic E-state index is 12.7. The molecule has 3 amide bonds. The molecule has 0 aromatic heterocycles. The van der Waals surface area contributed by atoms with Gasteiger partial charge in [-0.3, -0.25) is 14.4 Å². The highest BCUT2D eigenvalue weighted by atomic mass is 16.4.